The molecule has 0 aliphatic carbocycles. The van der Waals surface area contributed by atoms with Crippen LogP contribution in [-0.2, 0) is 25.6 Å². The van der Waals surface area contributed by atoms with Crippen molar-refractivity contribution < 1.29 is 25.6 Å². The SMILES string of the molecule is [BH2][Cr]([SiH3])[Fe]. The molecule has 4 heteroatoms. The quantitative estimate of drug-likeness (QED) is 0.348. The first-order valence-corrected chi connectivity index (χ1v) is 9.19. The molecule has 4 heavy (non-hydrogen) atoms. The second kappa shape index (κ2) is 2.56. The first kappa shape index (κ1) is 5.33. The molecule has 0 radical (unpaired) electrons. The fraction of sp³-hybridized carbons (Fsp3) is 0. The van der Waals surface area contributed by atoms with E-state index in [4.69, 9.17) is 0 Å². The molecule has 0 nitrogen and oxygen atoms in total. The van der Waals surface area contributed by atoms with Gasteiger partial charge in [0, 0.05) is 0 Å². The molecule has 0 atom stereocenters. The maximum absolute atomic E-state index is 3.83. The molecule has 0 N–H and O–H groups in total. The molecule has 0 heterocycles. The molecule has 0 aliphatic rings. The summed E-state index contributed by atoms with van der Waals surface area (Å²) in [5.41, 5.74) is 0. The number of hydrogen-bond acceptors (Lipinski definition) is 0. The van der Waals surface area contributed by atoms with Crippen molar-refractivity contribution in [3.63, 3.8) is 0 Å². The fourth-order valence-electron chi connectivity index (χ4n) is 0. The standard InChI is InChI=1S/BH2.Cr.Fe.H3Si/h1H2;;;1H3/q+1;-1;;. The van der Waals surface area contributed by atoms with E-state index in [9.17, 15) is 0 Å². The van der Waals surface area contributed by atoms with Crippen LogP contribution < -0.4 is 0 Å². The summed E-state index contributed by atoms with van der Waals surface area (Å²) in [6.45, 7) is 2.24. The molecule has 26 valence electrons. The minimum atomic E-state index is -0.153. The first-order valence-electron chi connectivity index (χ1n) is 0.961. The van der Waals surface area contributed by atoms with Gasteiger partial charge in [-0.1, -0.05) is 0 Å². The van der Waals surface area contributed by atoms with Crippen molar-refractivity contribution in [3.8, 4) is 0 Å². The van der Waals surface area contributed by atoms with Gasteiger partial charge < -0.3 is 0 Å². The average Bonchev–Trinajstić information content (AvgIpc) is 0.811. The molecule has 0 spiro atoms. The van der Waals surface area contributed by atoms with Gasteiger partial charge in [0.25, 0.3) is 0 Å². The van der Waals surface area contributed by atoms with E-state index in [0.717, 1.165) is 0 Å². The Balaban J connectivity index is 2.32. The van der Waals surface area contributed by atoms with Gasteiger partial charge in [-0.25, -0.2) is 0 Å². The average molecular weight is 152 g/mol. The van der Waals surface area contributed by atoms with Crippen LogP contribution in [0.5, 0.6) is 0 Å². The topological polar surface area (TPSA) is 0 Å². The van der Waals surface area contributed by atoms with Crippen molar-refractivity contribution in [3.05, 3.63) is 0 Å². The second-order valence-electron chi connectivity index (χ2n) is 0.697. The van der Waals surface area contributed by atoms with Crippen molar-refractivity contribution in [1.29, 1.82) is 0 Å². The third-order valence-corrected chi connectivity index (χ3v) is 0. The molecule has 0 unspecified atom stereocenters. The molecule has 0 bridgehead atoms. The van der Waals surface area contributed by atoms with E-state index >= 15 is 0 Å². The molecule has 0 aromatic carbocycles. The van der Waals surface area contributed by atoms with E-state index in [1.807, 2.05) is 0 Å². The Morgan fingerprint density at radius 2 is 2.00 bits per heavy atom. The van der Waals surface area contributed by atoms with Crippen LogP contribution in [0.2, 0.25) is 0 Å². The summed E-state index contributed by atoms with van der Waals surface area (Å²) in [5.74, 6) is 0. The van der Waals surface area contributed by atoms with Crippen molar-refractivity contribution in [2.75, 3.05) is 0 Å². The minimum absolute atomic E-state index is 0.153. The van der Waals surface area contributed by atoms with E-state index in [1.165, 1.54) is 8.80 Å². The van der Waals surface area contributed by atoms with Gasteiger partial charge in [-0.05, 0) is 0 Å². The van der Waals surface area contributed by atoms with Crippen molar-refractivity contribution in [2.45, 2.75) is 0 Å². The van der Waals surface area contributed by atoms with Crippen LogP contribution in [0.1, 0.15) is 0 Å². The van der Waals surface area contributed by atoms with Gasteiger partial charge in [-0.15, -0.1) is 0 Å². The van der Waals surface area contributed by atoms with E-state index in [1.54, 1.807) is 0 Å². The summed E-state index contributed by atoms with van der Waals surface area (Å²) in [7, 11) is 1.36. The van der Waals surface area contributed by atoms with Crippen LogP contribution in [0.4, 0.5) is 0 Å². The summed E-state index contributed by atoms with van der Waals surface area (Å²) in [6.07, 6.45) is 0. The van der Waals surface area contributed by atoms with Gasteiger partial charge in [0.2, 0.25) is 0 Å². The summed E-state index contributed by atoms with van der Waals surface area (Å²) < 4.78 is 0. The van der Waals surface area contributed by atoms with Gasteiger partial charge in [0.1, 0.15) is 0 Å². The van der Waals surface area contributed by atoms with E-state index in [0.29, 0.717) is 0 Å². The Bertz CT molecular complexity index is 12.8. The Kier molecular flexibility index (Phi) is 3.42. The predicted molar refractivity (Wildman–Crippen MR) is 18.5 cm³/mol. The fourth-order valence-corrected chi connectivity index (χ4v) is 0. The molecule has 0 fully saturated rings. The first-order chi connectivity index (χ1) is 1.73. The number of hydrogen-bond donors (Lipinski definition) is 0. The molecule has 0 aromatic heterocycles. The zero-order valence-electron chi connectivity index (χ0n) is 2.76. The zero-order chi connectivity index (χ0) is 3.58. The summed E-state index contributed by atoms with van der Waals surface area (Å²) in [4.78, 5) is 0. The molecular weight excluding hydrogens is 147 g/mol. The summed E-state index contributed by atoms with van der Waals surface area (Å²) in [5, 5.41) is 0. The van der Waals surface area contributed by atoms with Crippen molar-refractivity contribution >= 4 is 15.4 Å². The van der Waals surface area contributed by atoms with Gasteiger partial charge in [0.15, 0.2) is 0 Å². The molecule has 0 amide bonds. The van der Waals surface area contributed by atoms with Crippen LogP contribution in [-0.4, -0.2) is 15.4 Å². The molecule has 0 aliphatic heterocycles. The summed E-state index contributed by atoms with van der Waals surface area (Å²) >= 11 is 3.67. The van der Waals surface area contributed by atoms with Crippen LogP contribution in [0.25, 0.3) is 0 Å². The van der Waals surface area contributed by atoms with Gasteiger partial charge in [-0.2, -0.15) is 0 Å². The zero-order valence-corrected chi connectivity index (χ0v) is 7.14. The van der Waals surface area contributed by atoms with Crippen LogP contribution in [0, 0.1) is 0 Å². The van der Waals surface area contributed by atoms with Crippen molar-refractivity contribution in [2.24, 2.45) is 0 Å². The van der Waals surface area contributed by atoms with E-state index in [2.05, 4.69) is 20.7 Å². The molecule has 0 aromatic rings. The van der Waals surface area contributed by atoms with Gasteiger partial charge in [-0.3, -0.25) is 0 Å². The maximum atomic E-state index is 3.83. The second-order valence-corrected chi connectivity index (χ2v) is 14.9. The van der Waals surface area contributed by atoms with Crippen LogP contribution in [0.3, 0.4) is 0 Å². The van der Waals surface area contributed by atoms with E-state index < -0.39 is 0 Å². The van der Waals surface area contributed by atoms with Crippen molar-refractivity contribution in [1.82, 2.24) is 0 Å². The normalized spacial score (nSPS) is 9.50. The molecule has 0 saturated heterocycles. The third kappa shape index (κ3) is 10.2. The Hall–Kier alpha value is 1.33. The van der Waals surface area contributed by atoms with E-state index in [-0.39, 0.29) is 11.5 Å². The Morgan fingerprint density at radius 1 is 2.00 bits per heavy atom. The summed E-state index contributed by atoms with van der Waals surface area (Å²) in [6, 6.07) is 0. The molecular formula is H5BCrFeSi. The Labute approximate surface area is 41.2 Å². The Morgan fingerprint density at radius 3 is 2.00 bits per heavy atom. The molecule has 0 rings (SSSR count). The molecule has 0 saturated carbocycles. The third-order valence-electron chi connectivity index (χ3n) is 0. The predicted octanol–water partition coefficient (Wildman–Crippen LogP) is -2.11. The monoisotopic (exact) mass is 152 g/mol. The number of rotatable bonds is 0. The van der Waals surface area contributed by atoms with Gasteiger partial charge in [0.05, 0.1) is 0 Å². The van der Waals surface area contributed by atoms with Crippen LogP contribution >= 0.6 is 0 Å². The van der Waals surface area contributed by atoms with Gasteiger partial charge >= 0.3 is 41.0 Å². The van der Waals surface area contributed by atoms with Crippen LogP contribution in [0.15, 0.2) is 0 Å².